The number of hydrogen-bond acceptors (Lipinski definition) is 4. The van der Waals surface area contributed by atoms with Gasteiger partial charge in [0.2, 0.25) is 0 Å². The molecule has 0 bridgehead atoms. The van der Waals surface area contributed by atoms with Crippen molar-refractivity contribution >= 4 is 0 Å². The maximum atomic E-state index is 9.58. The molecule has 102 valence electrons. The first kappa shape index (κ1) is 13.9. The van der Waals surface area contributed by atoms with Crippen LogP contribution in [-0.4, -0.2) is 43.7 Å². The van der Waals surface area contributed by atoms with E-state index in [2.05, 4.69) is 22.4 Å². The molecule has 1 N–H and O–H groups in total. The van der Waals surface area contributed by atoms with Crippen LogP contribution in [0.15, 0.2) is 24.3 Å². The van der Waals surface area contributed by atoms with E-state index in [1.807, 2.05) is 25.1 Å². The molecule has 0 saturated carbocycles. The summed E-state index contributed by atoms with van der Waals surface area (Å²) in [6, 6.07) is 10.5. The van der Waals surface area contributed by atoms with Crippen LogP contribution in [0.2, 0.25) is 0 Å². The average molecular weight is 259 g/mol. The SMILES string of the molecule is COc1cccc(CC(C)(C#N)N2CCNCC2)c1. The van der Waals surface area contributed by atoms with Gasteiger partial charge in [0, 0.05) is 32.6 Å². The van der Waals surface area contributed by atoms with Gasteiger partial charge in [-0.25, -0.2) is 0 Å². The van der Waals surface area contributed by atoms with Crippen molar-refractivity contribution in [1.29, 1.82) is 5.26 Å². The lowest BCUT2D eigenvalue weighted by molar-refractivity contribution is 0.132. The fourth-order valence-electron chi connectivity index (χ4n) is 2.56. The summed E-state index contributed by atoms with van der Waals surface area (Å²) in [5.74, 6) is 0.845. The van der Waals surface area contributed by atoms with Crippen LogP contribution in [0, 0.1) is 11.3 Å². The van der Waals surface area contributed by atoms with E-state index in [9.17, 15) is 5.26 Å². The average Bonchev–Trinajstić information content (AvgIpc) is 2.48. The molecule has 1 aromatic rings. The highest BCUT2D eigenvalue weighted by Gasteiger charge is 2.32. The Balaban J connectivity index is 2.14. The van der Waals surface area contributed by atoms with Crippen LogP contribution in [0.3, 0.4) is 0 Å². The molecular weight excluding hydrogens is 238 g/mol. The highest BCUT2D eigenvalue weighted by Crippen LogP contribution is 2.23. The number of methoxy groups -OCH3 is 1. The lowest BCUT2D eigenvalue weighted by Gasteiger charge is -2.39. The zero-order valence-corrected chi connectivity index (χ0v) is 11.6. The van der Waals surface area contributed by atoms with E-state index in [1.165, 1.54) is 0 Å². The van der Waals surface area contributed by atoms with Crippen molar-refractivity contribution in [2.45, 2.75) is 18.9 Å². The summed E-state index contributed by atoms with van der Waals surface area (Å²) >= 11 is 0. The predicted octanol–water partition coefficient (Wildman–Crippen LogP) is 1.43. The molecule has 0 spiro atoms. The molecule has 2 rings (SSSR count). The van der Waals surface area contributed by atoms with Crippen molar-refractivity contribution < 1.29 is 4.74 Å². The lowest BCUT2D eigenvalue weighted by Crippen LogP contribution is -2.55. The van der Waals surface area contributed by atoms with Gasteiger partial charge >= 0.3 is 0 Å². The minimum Gasteiger partial charge on any atom is -0.497 e. The summed E-state index contributed by atoms with van der Waals surface area (Å²) in [6.45, 7) is 5.78. The Bertz CT molecular complexity index is 463. The minimum atomic E-state index is -0.450. The van der Waals surface area contributed by atoms with Gasteiger partial charge in [-0.3, -0.25) is 4.90 Å². The van der Waals surface area contributed by atoms with Gasteiger partial charge in [-0.1, -0.05) is 12.1 Å². The summed E-state index contributed by atoms with van der Waals surface area (Å²) in [4.78, 5) is 2.27. The highest BCUT2D eigenvalue weighted by atomic mass is 16.5. The Hall–Kier alpha value is -1.57. The first-order valence-electron chi connectivity index (χ1n) is 6.68. The number of benzene rings is 1. The normalized spacial score (nSPS) is 19.4. The standard InChI is InChI=1S/C15H21N3O/c1-15(12-16,18-8-6-17-7-9-18)11-13-4-3-5-14(10-13)19-2/h3-5,10,17H,6-9,11H2,1-2H3. The Morgan fingerprint density at radius 2 is 2.16 bits per heavy atom. The molecule has 1 unspecified atom stereocenters. The molecule has 1 atom stereocenters. The summed E-state index contributed by atoms with van der Waals surface area (Å²) < 4.78 is 5.24. The van der Waals surface area contributed by atoms with Crippen LogP contribution in [0.4, 0.5) is 0 Å². The predicted molar refractivity (Wildman–Crippen MR) is 75.2 cm³/mol. The van der Waals surface area contributed by atoms with Crippen LogP contribution in [0.1, 0.15) is 12.5 Å². The molecule has 19 heavy (non-hydrogen) atoms. The molecule has 1 aliphatic rings. The number of hydrogen-bond donors (Lipinski definition) is 1. The maximum Gasteiger partial charge on any atom is 0.119 e. The Morgan fingerprint density at radius 1 is 1.42 bits per heavy atom. The second-order valence-electron chi connectivity index (χ2n) is 5.15. The van der Waals surface area contributed by atoms with Gasteiger partial charge in [-0.05, 0) is 24.6 Å². The molecule has 1 aliphatic heterocycles. The van der Waals surface area contributed by atoms with E-state index in [0.717, 1.165) is 43.9 Å². The topological polar surface area (TPSA) is 48.3 Å². The molecule has 1 saturated heterocycles. The third-order valence-corrected chi connectivity index (χ3v) is 3.74. The van der Waals surface area contributed by atoms with Gasteiger partial charge in [-0.2, -0.15) is 5.26 Å². The number of ether oxygens (including phenoxy) is 1. The van der Waals surface area contributed by atoms with Crippen molar-refractivity contribution in [2.75, 3.05) is 33.3 Å². The molecule has 0 aliphatic carbocycles. The molecule has 0 radical (unpaired) electrons. The van der Waals surface area contributed by atoms with E-state index in [-0.39, 0.29) is 0 Å². The van der Waals surface area contributed by atoms with Crippen LogP contribution in [0.5, 0.6) is 5.75 Å². The third kappa shape index (κ3) is 3.25. The van der Waals surface area contributed by atoms with Gasteiger partial charge < -0.3 is 10.1 Å². The molecule has 1 aromatic carbocycles. The molecule has 1 heterocycles. The van der Waals surface area contributed by atoms with E-state index >= 15 is 0 Å². The van der Waals surface area contributed by atoms with Crippen LogP contribution < -0.4 is 10.1 Å². The third-order valence-electron chi connectivity index (χ3n) is 3.74. The molecule has 4 heteroatoms. The fourth-order valence-corrected chi connectivity index (χ4v) is 2.56. The van der Waals surface area contributed by atoms with E-state index in [4.69, 9.17) is 4.74 Å². The summed E-state index contributed by atoms with van der Waals surface area (Å²) in [6.07, 6.45) is 0.723. The van der Waals surface area contributed by atoms with E-state index < -0.39 is 5.54 Å². The lowest BCUT2D eigenvalue weighted by atomic mass is 9.91. The Labute approximate surface area is 115 Å². The van der Waals surface area contributed by atoms with Gasteiger partial charge in [0.25, 0.3) is 0 Å². The largest absolute Gasteiger partial charge is 0.497 e. The van der Waals surface area contributed by atoms with Crippen molar-refractivity contribution in [3.8, 4) is 11.8 Å². The summed E-state index contributed by atoms with van der Waals surface area (Å²) in [5, 5.41) is 12.9. The van der Waals surface area contributed by atoms with Crippen LogP contribution >= 0.6 is 0 Å². The highest BCUT2D eigenvalue weighted by molar-refractivity contribution is 5.31. The first-order valence-corrected chi connectivity index (χ1v) is 6.68. The van der Waals surface area contributed by atoms with Crippen molar-refractivity contribution in [3.05, 3.63) is 29.8 Å². The number of nitrogens with one attached hydrogen (secondary N) is 1. The number of piperazine rings is 1. The van der Waals surface area contributed by atoms with Crippen molar-refractivity contribution in [3.63, 3.8) is 0 Å². The van der Waals surface area contributed by atoms with Crippen molar-refractivity contribution in [2.24, 2.45) is 0 Å². The van der Waals surface area contributed by atoms with E-state index in [1.54, 1.807) is 7.11 Å². The molecule has 4 nitrogen and oxygen atoms in total. The maximum absolute atomic E-state index is 9.58. The van der Waals surface area contributed by atoms with Gasteiger partial charge in [0.05, 0.1) is 13.2 Å². The van der Waals surface area contributed by atoms with Gasteiger partial charge in [0.15, 0.2) is 0 Å². The number of nitrogens with zero attached hydrogens (tertiary/aromatic N) is 2. The van der Waals surface area contributed by atoms with E-state index in [0.29, 0.717) is 0 Å². The Morgan fingerprint density at radius 3 is 2.79 bits per heavy atom. The monoisotopic (exact) mass is 259 g/mol. The first-order chi connectivity index (χ1) is 9.18. The van der Waals surface area contributed by atoms with Crippen LogP contribution in [0.25, 0.3) is 0 Å². The molecule has 0 amide bonds. The second kappa shape index (κ2) is 6.05. The fraction of sp³-hybridized carbons (Fsp3) is 0.533. The van der Waals surface area contributed by atoms with Crippen molar-refractivity contribution in [1.82, 2.24) is 10.2 Å². The van der Waals surface area contributed by atoms with Gasteiger partial charge in [-0.15, -0.1) is 0 Å². The second-order valence-corrected chi connectivity index (χ2v) is 5.15. The summed E-state index contributed by atoms with van der Waals surface area (Å²) in [5.41, 5.74) is 0.691. The zero-order chi connectivity index (χ0) is 13.7. The quantitative estimate of drug-likeness (QED) is 0.888. The van der Waals surface area contributed by atoms with Crippen LogP contribution in [-0.2, 0) is 6.42 Å². The number of rotatable bonds is 4. The number of nitriles is 1. The van der Waals surface area contributed by atoms with Gasteiger partial charge in [0.1, 0.15) is 11.3 Å². The molecule has 1 fully saturated rings. The zero-order valence-electron chi connectivity index (χ0n) is 11.6. The Kier molecular flexibility index (Phi) is 4.41. The molecule has 0 aromatic heterocycles. The minimum absolute atomic E-state index is 0.450. The smallest absolute Gasteiger partial charge is 0.119 e. The summed E-state index contributed by atoms with van der Waals surface area (Å²) in [7, 11) is 1.67. The molecular formula is C15H21N3O.